The van der Waals surface area contributed by atoms with Gasteiger partial charge in [0.05, 0.1) is 21.9 Å². The smallest absolute Gasteiger partial charge is 0.262 e. The van der Waals surface area contributed by atoms with Crippen LogP contribution in [0, 0.1) is 18.2 Å². The average Bonchev–Trinajstić information content (AvgIpc) is 3.11. The van der Waals surface area contributed by atoms with Gasteiger partial charge in [-0.3, -0.25) is 9.69 Å². The van der Waals surface area contributed by atoms with E-state index >= 15 is 4.39 Å². The Kier molecular flexibility index (Phi) is 7.45. The lowest BCUT2D eigenvalue weighted by atomic mass is 9.88. The van der Waals surface area contributed by atoms with Gasteiger partial charge in [0.15, 0.2) is 9.84 Å². The molecule has 1 atom stereocenters. The number of carbonyl (C=O) groups is 1. The maximum atomic E-state index is 15.2. The molecule has 4 aromatic rings. The molecule has 2 heterocycles. The average molecular weight is 613 g/mol. The number of nitrogens with zero attached hydrogens (tertiary/aromatic N) is 1. The predicted molar refractivity (Wildman–Crippen MR) is 169 cm³/mol. The van der Waals surface area contributed by atoms with E-state index in [1.807, 2.05) is 51.1 Å². The number of nitrogens with one attached hydrogen (secondary N) is 1. The fourth-order valence-corrected chi connectivity index (χ4v) is 8.54. The lowest BCUT2D eigenvalue weighted by molar-refractivity contribution is 0.0976. The number of para-hydroxylation sites is 1. The molecule has 6 rings (SSSR count). The molecule has 1 unspecified atom stereocenters. The number of anilines is 2. The summed E-state index contributed by atoms with van der Waals surface area (Å²) in [4.78, 5) is 15.7. The van der Waals surface area contributed by atoms with Gasteiger partial charge in [0.2, 0.25) is 0 Å². The van der Waals surface area contributed by atoms with E-state index < -0.39 is 33.0 Å². The first-order valence-corrected chi connectivity index (χ1v) is 16.0. The molecule has 0 radical (unpaired) electrons. The van der Waals surface area contributed by atoms with Gasteiger partial charge < -0.3 is 15.2 Å². The van der Waals surface area contributed by atoms with Gasteiger partial charge in [-0.1, -0.05) is 68.4 Å². The van der Waals surface area contributed by atoms with Crippen molar-refractivity contribution in [2.75, 3.05) is 16.0 Å². The van der Waals surface area contributed by atoms with E-state index in [2.05, 4.69) is 5.32 Å². The Morgan fingerprint density at radius 3 is 2.48 bits per heavy atom. The van der Waals surface area contributed by atoms with Crippen LogP contribution < -0.4 is 15.0 Å². The van der Waals surface area contributed by atoms with E-state index in [1.165, 1.54) is 29.2 Å². The summed E-state index contributed by atoms with van der Waals surface area (Å²) in [5, 5.41) is 14.5. The summed E-state index contributed by atoms with van der Waals surface area (Å²) >= 11 is 0. The summed E-state index contributed by atoms with van der Waals surface area (Å²) in [6.45, 7) is 5.92. The molecule has 0 saturated carbocycles. The molecule has 0 fully saturated rings. The number of fused-ring (bicyclic) bond motifs is 1. The van der Waals surface area contributed by atoms with Crippen LogP contribution in [0.1, 0.15) is 53.4 Å². The highest BCUT2D eigenvalue weighted by atomic mass is 32.2. The van der Waals surface area contributed by atoms with E-state index in [-0.39, 0.29) is 27.7 Å². The maximum absolute atomic E-state index is 15.2. The summed E-state index contributed by atoms with van der Waals surface area (Å²) in [6.07, 6.45) is 0.381. The van der Waals surface area contributed by atoms with Crippen LogP contribution in [-0.2, 0) is 16.4 Å². The maximum Gasteiger partial charge on any atom is 0.262 e. The lowest BCUT2D eigenvalue weighted by Crippen LogP contribution is -2.41. The van der Waals surface area contributed by atoms with Gasteiger partial charge in [-0.25, -0.2) is 12.8 Å². The van der Waals surface area contributed by atoms with Crippen LogP contribution in [0.2, 0.25) is 0 Å². The Hall–Kier alpha value is -4.63. The molecule has 0 saturated heterocycles. The number of benzene rings is 4. The topological polar surface area (TPSA) is 95.9 Å². The largest absolute Gasteiger partial charge is 0.506 e. The van der Waals surface area contributed by atoms with E-state index in [0.717, 1.165) is 5.56 Å². The fourth-order valence-electron chi connectivity index (χ4n) is 6.18. The Morgan fingerprint density at radius 1 is 1.02 bits per heavy atom. The second kappa shape index (κ2) is 11.1. The number of halogens is 1. The molecule has 1 amide bonds. The molecule has 7 nitrogen and oxygen atoms in total. The summed E-state index contributed by atoms with van der Waals surface area (Å²) in [5.41, 5.74) is 2.17. The molecule has 4 aromatic carbocycles. The lowest BCUT2D eigenvalue weighted by Gasteiger charge is -2.38. The summed E-state index contributed by atoms with van der Waals surface area (Å²) < 4.78 is 49.6. The van der Waals surface area contributed by atoms with Crippen molar-refractivity contribution < 1.29 is 27.4 Å². The number of hydrogen-bond donors (Lipinski definition) is 2. The van der Waals surface area contributed by atoms with Crippen molar-refractivity contribution in [3.8, 4) is 11.5 Å². The van der Waals surface area contributed by atoms with Crippen molar-refractivity contribution in [1.29, 1.82) is 0 Å². The molecule has 9 heteroatoms. The standard InChI is InChI=1S/C35H33FN2O5S/c1-22-18-24(43-20-23-10-5-4-6-11-23)16-17-25(22)31-33-29(19-35(2,3)21-44(33,41)42)37-28-14-9-15-30(39)32(28)38(31)34(40)26-12-7-8-13-27(26)36/h4-18,31,37,39H,19-21H2,1-3H3. The van der Waals surface area contributed by atoms with Gasteiger partial charge in [0, 0.05) is 5.70 Å². The van der Waals surface area contributed by atoms with Gasteiger partial charge in [-0.15, -0.1) is 0 Å². The predicted octanol–water partition coefficient (Wildman–Crippen LogP) is 7.29. The minimum Gasteiger partial charge on any atom is -0.506 e. The van der Waals surface area contributed by atoms with E-state index in [4.69, 9.17) is 4.74 Å². The van der Waals surface area contributed by atoms with Crippen LogP contribution >= 0.6 is 0 Å². The van der Waals surface area contributed by atoms with E-state index in [9.17, 15) is 18.3 Å². The first kappa shape index (κ1) is 29.4. The molecule has 226 valence electrons. The van der Waals surface area contributed by atoms with Crippen LogP contribution in [-0.4, -0.2) is 25.2 Å². The number of aromatic hydroxyl groups is 1. The Labute approximate surface area is 256 Å². The zero-order valence-corrected chi connectivity index (χ0v) is 25.5. The first-order valence-electron chi connectivity index (χ1n) is 14.4. The molecule has 2 aliphatic rings. The third-order valence-electron chi connectivity index (χ3n) is 8.02. The summed E-state index contributed by atoms with van der Waals surface area (Å²) in [5.74, 6) is -1.36. The Morgan fingerprint density at radius 2 is 1.75 bits per heavy atom. The summed E-state index contributed by atoms with van der Waals surface area (Å²) in [6, 6.07) is 24.0. The van der Waals surface area contributed by atoms with Crippen molar-refractivity contribution >= 4 is 27.1 Å². The molecule has 0 bridgehead atoms. The monoisotopic (exact) mass is 612 g/mol. The minimum atomic E-state index is -3.96. The van der Waals surface area contributed by atoms with Gasteiger partial charge in [0.1, 0.15) is 35.7 Å². The highest BCUT2D eigenvalue weighted by Gasteiger charge is 2.48. The third-order valence-corrected chi connectivity index (χ3v) is 10.3. The molecule has 44 heavy (non-hydrogen) atoms. The number of rotatable bonds is 5. The SMILES string of the molecule is Cc1cc(OCc2ccccc2)ccc1C1C2=C(CC(C)(C)CS2(=O)=O)Nc2cccc(O)c2N1C(=O)c1ccccc1F. The molecular formula is C35H33FN2O5S. The fraction of sp³-hybridized carbons (Fsp3) is 0.229. The van der Waals surface area contributed by atoms with Crippen molar-refractivity contribution in [2.24, 2.45) is 5.41 Å². The van der Waals surface area contributed by atoms with Crippen molar-refractivity contribution in [3.63, 3.8) is 0 Å². The van der Waals surface area contributed by atoms with Crippen LogP contribution in [0.4, 0.5) is 15.8 Å². The zero-order chi connectivity index (χ0) is 31.2. The van der Waals surface area contributed by atoms with Gasteiger partial charge in [-0.2, -0.15) is 0 Å². The number of aryl methyl sites for hydroxylation is 1. The molecule has 0 aliphatic carbocycles. The number of carbonyl (C=O) groups excluding carboxylic acids is 1. The number of sulfone groups is 1. The van der Waals surface area contributed by atoms with Gasteiger partial charge in [-0.05, 0) is 71.8 Å². The number of phenols is 1. The van der Waals surface area contributed by atoms with Crippen LogP contribution in [0.5, 0.6) is 11.5 Å². The zero-order valence-electron chi connectivity index (χ0n) is 24.7. The molecule has 0 aromatic heterocycles. The van der Waals surface area contributed by atoms with E-state index in [0.29, 0.717) is 41.3 Å². The number of hydrogen-bond acceptors (Lipinski definition) is 6. The second-order valence-electron chi connectivity index (χ2n) is 12.1. The Bertz CT molecular complexity index is 1900. The normalized spacial score (nSPS) is 18.5. The molecule has 0 spiro atoms. The number of amides is 1. The number of phenolic OH excluding ortho intramolecular Hbond substituents is 1. The summed E-state index contributed by atoms with van der Waals surface area (Å²) in [7, 11) is -3.96. The number of ether oxygens (including phenoxy) is 1. The first-order chi connectivity index (χ1) is 20.9. The minimum absolute atomic E-state index is 0.0261. The number of allylic oxidation sites excluding steroid dienone is 1. The molecule has 2 N–H and O–H groups in total. The van der Waals surface area contributed by atoms with Crippen LogP contribution in [0.15, 0.2) is 102 Å². The van der Waals surface area contributed by atoms with Crippen LogP contribution in [0.3, 0.4) is 0 Å². The quantitative estimate of drug-likeness (QED) is 0.246. The van der Waals surface area contributed by atoms with Crippen molar-refractivity contribution in [2.45, 2.75) is 39.8 Å². The van der Waals surface area contributed by atoms with Crippen LogP contribution in [0.25, 0.3) is 0 Å². The third kappa shape index (κ3) is 5.43. The second-order valence-corrected chi connectivity index (χ2v) is 14.0. The Balaban J connectivity index is 1.57. The van der Waals surface area contributed by atoms with E-state index in [1.54, 1.807) is 36.4 Å². The van der Waals surface area contributed by atoms with Crippen molar-refractivity contribution in [3.05, 3.63) is 130 Å². The van der Waals surface area contributed by atoms with Gasteiger partial charge >= 0.3 is 0 Å². The van der Waals surface area contributed by atoms with Crippen molar-refractivity contribution in [1.82, 2.24) is 0 Å². The van der Waals surface area contributed by atoms with Gasteiger partial charge in [0.25, 0.3) is 5.91 Å². The highest BCUT2D eigenvalue weighted by molar-refractivity contribution is 7.95. The molecule has 2 aliphatic heterocycles. The highest BCUT2D eigenvalue weighted by Crippen LogP contribution is 2.52. The molecular weight excluding hydrogens is 579 g/mol.